The highest BCUT2D eigenvalue weighted by molar-refractivity contribution is 7.99. The van der Waals surface area contributed by atoms with Gasteiger partial charge >= 0.3 is 0 Å². The number of fused-ring (bicyclic) bond motifs is 2. The van der Waals surface area contributed by atoms with Crippen molar-refractivity contribution in [1.82, 2.24) is 19.9 Å². The van der Waals surface area contributed by atoms with Gasteiger partial charge in [0, 0.05) is 5.25 Å². The highest BCUT2D eigenvalue weighted by Gasteiger charge is 2.23. The number of benzene rings is 1. The van der Waals surface area contributed by atoms with E-state index in [0.29, 0.717) is 5.65 Å². The van der Waals surface area contributed by atoms with Crippen molar-refractivity contribution in [3.05, 3.63) is 47.7 Å². The van der Waals surface area contributed by atoms with Crippen LogP contribution in [0.25, 0.3) is 11.2 Å². The lowest BCUT2D eigenvalue weighted by molar-refractivity contribution is 0.611. The zero-order valence-electron chi connectivity index (χ0n) is 11.2. The van der Waals surface area contributed by atoms with E-state index in [1.54, 1.807) is 30.1 Å². The van der Waals surface area contributed by atoms with Gasteiger partial charge in [-0.2, -0.15) is 0 Å². The fraction of sp³-hybridized carbons (Fsp3) is 0.267. The van der Waals surface area contributed by atoms with Crippen LogP contribution in [0.4, 0.5) is 4.39 Å². The molecule has 0 bridgehead atoms. The molecule has 1 atom stereocenters. The molecular formula is C15H13FN4S. The number of hydrogen-bond acceptors (Lipinski definition) is 4. The van der Waals surface area contributed by atoms with Gasteiger partial charge in [-0.1, -0.05) is 17.8 Å². The van der Waals surface area contributed by atoms with E-state index in [0.717, 1.165) is 35.5 Å². The highest BCUT2D eigenvalue weighted by atomic mass is 32.2. The molecule has 106 valence electrons. The van der Waals surface area contributed by atoms with Crippen LogP contribution in [-0.4, -0.2) is 19.9 Å². The van der Waals surface area contributed by atoms with Crippen LogP contribution in [0.1, 0.15) is 29.2 Å². The van der Waals surface area contributed by atoms with Crippen molar-refractivity contribution in [2.24, 2.45) is 0 Å². The van der Waals surface area contributed by atoms with Gasteiger partial charge in [0.05, 0.1) is 6.20 Å². The predicted molar refractivity (Wildman–Crippen MR) is 79.6 cm³/mol. The minimum absolute atomic E-state index is 0.170. The maximum atomic E-state index is 13.5. The number of imidazole rings is 1. The summed E-state index contributed by atoms with van der Waals surface area (Å²) in [7, 11) is 0. The van der Waals surface area contributed by atoms with E-state index < -0.39 is 0 Å². The van der Waals surface area contributed by atoms with Crippen LogP contribution >= 0.6 is 11.8 Å². The van der Waals surface area contributed by atoms with E-state index in [-0.39, 0.29) is 11.1 Å². The maximum absolute atomic E-state index is 13.5. The minimum Gasteiger partial charge on any atom is -0.330 e. The topological polar surface area (TPSA) is 54.5 Å². The quantitative estimate of drug-likeness (QED) is 0.784. The fourth-order valence-corrected chi connectivity index (χ4v) is 3.99. The van der Waals surface area contributed by atoms with Gasteiger partial charge in [-0.3, -0.25) is 0 Å². The predicted octanol–water partition coefficient (Wildman–Crippen LogP) is 3.66. The number of aryl methyl sites for hydroxylation is 1. The van der Waals surface area contributed by atoms with Gasteiger partial charge in [-0.15, -0.1) is 0 Å². The molecule has 0 spiro atoms. The summed E-state index contributed by atoms with van der Waals surface area (Å²) < 4.78 is 13.5. The van der Waals surface area contributed by atoms with Crippen LogP contribution in [0.5, 0.6) is 0 Å². The van der Waals surface area contributed by atoms with Gasteiger partial charge in [0.25, 0.3) is 0 Å². The Kier molecular flexibility index (Phi) is 3.11. The zero-order chi connectivity index (χ0) is 14.2. The minimum atomic E-state index is -0.170. The molecule has 0 saturated carbocycles. The third-order valence-corrected chi connectivity index (χ3v) is 4.95. The van der Waals surface area contributed by atoms with Gasteiger partial charge in [0.15, 0.2) is 10.8 Å². The van der Waals surface area contributed by atoms with E-state index in [4.69, 9.17) is 0 Å². The number of thioether (sulfide) groups is 1. The summed E-state index contributed by atoms with van der Waals surface area (Å²) in [6, 6.07) is 5.11. The number of aromatic nitrogens is 4. The smallest absolute Gasteiger partial charge is 0.181 e. The van der Waals surface area contributed by atoms with E-state index in [9.17, 15) is 4.39 Å². The van der Waals surface area contributed by atoms with Crippen molar-refractivity contribution in [3.8, 4) is 0 Å². The van der Waals surface area contributed by atoms with Crippen molar-refractivity contribution in [2.45, 2.75) is 29.7 Å². The van der Waals surface area contributed by atoms with E-state index in [1.165, 1.54) is 11.9 Å². The Morgan fingerprint density at radius 3 is 3.19 bits per heavy atom. The number of H-pyrrole nitrogens is 1. The van der Waals surface area contributed by atoms with E-state index in [2.05, 4.69) is 19.9 Å². The molecular weight excluding hydrogens is 287 g/mol. The number of rotatable bonds is 2. The van der Waals surface area contributed by atoms with E-state index >= 15 is 0 Å². The maximum Gasteiger partial charge on any atom is 0.181 e. The molecule has 2 heterocycles. The average Bonchev–Trinajstić information content (AvgIpc) is 2.90. The molecule has 1 aliphatic carbocycles. The van der Waals surface area contributed by atoms with Gasteiger partial charge in [-0.25, -0.2) is 19.3 Å². The summed E-state index contributed by atoms with van der Waals surface area (Å²) in [6.45, 7) is 0. The summed E-state index contributed by atoms with van der Waals surface area (Å²) in [5, 5.41) is 1.05. The Bertz CT molecular complexity index is 768. The normalized spacial score (nSPS) is 17.9. The monoisotopic (exact) mass is 300 g/mol. The Morgan fingerprint density at radius 2 is 2.29 bits per heavy atom. The second-order valence-electron chi connectivity index (χ2n) is 5.14. The molecule has 1 unspecified atom stereocenters. The lowest BCUT2D eigenvalue weighted by atomic mass is 9.91. The number of hydrogen-bond donors (Lipinski definition) is 1. The Labute approximate surface area is 125 Å². The molecule has 4 nitrogen and oxygen atoms in total. The molecule has 0 fully saturated rings. The first-order chi connectivity index (χ1) is 10.3. The summed E-state index contributed by atoms with van der Waals surface area (Å²) in [5.74, 6) is -0.170. The summed E-state index contributed by atoms with van der Waals surface area (Å²) in [6.07, 6.45) is 6.38. The van der Waals surface area contributed by atoms with Crippen LogP contribution in [0.2, 0.25) is 0 Å². The summed E-state index contributed by atoms with van der Waals surface area (Å²) in [4.78, 5) is 15.8. The number of halogens is 1. The molecule has 2 aromatic heterocycles. The molecule has 0 radical (unpaired) electrons. The van der Waals surface area contributed by atoms with Crippen molar-refractivity contribution in [1.29, 1.82) is 0 Å². The van der Waals surface area contributed by atoms with Crippen LogP contribution < -0.4 is 0 Å². The van der Waals surface area contributed by atoms with Gasteiger partial charge in [-0.05, 0) is 42.5 Å². The number of aromatic amines is 1. The highest BCUT2D eigenvalue weighted by Crippen LogP contribution is 2.42. The zero-order valence-corrected chi connectivity index (χ0v) is 12.0. The van der Waals surface area contributed by atoms with Crippen LogP contribution in [0, 0.1) is 5.82 Å². The second kappa shape index (κ2) is 5.11. The van der Waals surface area contributed by atoms with Gasteiger partial charge < -0.3 is 4.98 Å². The Hall–Kier alpha value is -1.95. The second-order valence-corrected chi connectivity index (χ2v) is 6.34. The third kappa shape index (κ3) is 2.40. The van der Waals surface area contributed by atoms with Gasteiger partial charge in [0.1, 0.15) is 17.7 Å². The Balaban J connectivity index is 1.67. The number of nitrogens with zero attached hydrogens (tertiary/aromatic N) is 3. The first-order valence-corrected chi connectivity index (χ1v) is 7.78. The molecule has 1 aromatic carbocycles. The van der Waals surface area contributed by atoms with Crippen LogP contribution in [0.15, 0.2) is 35.9 Å². The lowest BCUT2D eigenvalue weighted by Crippen LogP contribution is -2.07. The average molecular weight is 300 g/mol. The first-order valence-electron chi connectivity index (χ1n) is 6.90. The van der Waals surface area contributed by atoms with Crippen molar-refractivity contribution >= 4 is 22.9 Å². The molecule has 0 saturated heterocycles. The Morgan fingerprint density at radius 1 is 1.33 bits per heavy atom. The lowest BCUT2D eigenvalue weighted by Gasteiger charge is -2.24. The SMILES string of the molecule is Fc1ccc2c(c1)C(Sc1nc3ncncc3[nH]1)CCC2. The molecule has 1 N–H and O–H groups in total. The van der Waals surface area contributed by atoms with Crippen LogP contribution in [0.3, 0.4) is 0 Å². The van der Waals surface area contributed by atoms with E-state index in [1.807, 2.05) is 6.07 Å². The van der Waals surface area contributed by atoms with Crippen molar-refractivity contribution in [3.63, 3.8) is 0 Å². The fourth-order valence-electron chi connectivity index (χ4n) is 2.78. The standard InChI is InChI=1S/C15H13FN4S/c16-10-5-4-9-2-1-3-13(11(9)6-10)21-15-19-12-7-17-8-18-14(12)20-15/h4-8,13H,1-3H2,(H,17,18,19,20). The molecule has 4 rings (SSSR count). The largest absolute Gasteiger partial charge is 0.330 e. The molecule has 21 heavy (non-hydrogen) atoms. The van der Waals surface area contributed by atoms with Gasteiger partial charge in [0.2, 0.25) is 0 Å². The molecule has 0 aliphatic heterocycles. The van der Waals surface area contributed by atoms with Crippen molar-refractivity contribution in [2.75, 3.05) is 0 Å². The molecule has 6 heteroatoms. The molecule has 0 amide bonds. The first kappa shape index (κ1) is 12.8. The third-order valence-electron chi connectivity index (χ3n) is 3.76. The molecule has 3 aromatic rings. The summed E-state index contributed by atoms with van der Waals surface area (Å²) in [5.41, 5.74) is 3.84. The molecule has 1 aliphatic rings. The van der Waals surface area contributed by atoms with Crippen LogP contribution in [-0.2, 0) is 6.42 Å². The van der Waals surface area contributed by atoms with Crippen molar-refractivity contribution < 1.29 is 4.39 Å². The summed E-state index contributed by atoms with van der Waals surface area (Å²) >= 11 is 1.64. The number of nitrogens with one attached hydrogen (secondary N) is 1.